The third-order valence-electron chi connectivity index (χ3n) is 6.33. The standard InChI is InChI=1S/C23H24N4O3/c24-23(9-10-23)17-3-1-2-4-18(17)25-12-14-5-6-15-13-27(22(30)16(15)11-14)19-7-8-20(28)26-21(19)29/h1-6,11,19,25H,7-10,12-13,24H2,(H,26,28,29). The lowest BCUT2D eigenvalue weighted by atomic mass is 10.0. The van der Waals surface area contributed by atoms with Crippen LogP contribution in [0, 0.1) is 0 Å². The first-order valence-corrected chi connectivity index (χ1v) is 10.3. The minimum absolute atomic E-state index is 0.152. The molecule has 1 atom stereocenters. The molecular formula is C23H24N4O3. The van der Waals surface area contributed by atoms with Gasteiger partial charge in [-0.05, 0) is 48.1 Å². The topological polar surface area (TPSA) is 105 Å². The van der Waals surface area contributed by atoms with Gasteiger partial charge >= 0.3 is 0 Å². The summed E-state index contributed by atoms with van der Waals surface area (Å²) in [6, 6.07) is 13.4. The number of nitrogens with two attached hydrogens (primary N) is 1. The van der Waals surface area contributed by atoms with Gasteiger partial charge in [-0.2, -0.15) is 0 Å². The van der Waals surface area contributed by atoms with E-state index in [0.717, 1.165) is 35.2 Å². The van der Waals surface area contributed by atoms with E-state index in [1.165, 1.54) is 0 Å². The van der Waals surface area contributed by atoms with Crippen molar-refractivity contribution in [2.75, 3.05) is 5.32 Å². The molecule has 0 radical (unpaired) electrons. The third-order valence-corrected chi connectivity index (χ3v) is 6.33. The molecule has 2 heterocycles. The van der Waals surface area contributed by atoms with Crippen molar-refractivity contribution >= 4 is 23.4 Å². The number of para-hydroxylation sites is 1. The van der Waals surface area contributed by atoms with Crippen LogP contribution in [0.25, 0.3) is 0 Å². The number of anilines is 1. The number of hydrogen-bond donors (Lipinski definition) is 3. The molecule has 154 valence electrons. The number of nitrogens with zero attached hydrogens (tertiary/aromatic N) is 1. The fraction of sp³-hybridized carbons (Fsp3) is 0.348. The number of hydrogen-bond acceptors (Lipinski definition) is 5. The van der Waals surface area contributed by atoms with Crippen LogP contribution >= 0.6 is 0 Å². The number of benzene rings is 2. The van der Waals surface area contributed by atoms with E-state index >= 15 is 0 Å². The van der Waals surface area contributed by atoms with Gasteiger partial charge in [0, 0.05) is 36.3 Å². The second kappa shape index (κ2) is 6.95. The zero-order valence-electron chi connectivity index (χ0n) is 16.6. The number of carbonyl (C=O) groups is 3. The van der Waals surface area contributed by atoms with E-state index < -0.39 is 6.04 Å². The molecule has 2 aromatic carbocycles. The zero-order chi connectivity index (χ0) is 20.9. The maximum absolute atomic E-state index is 13.0. The molecule has 0 spiro atoms. The van der Waals surface area contributed by atoms with Crippen molar-refractivity contribution in [3.63, 3.8) is 0 Å². The van der Waals surface area contributed by atoms with Crippen LogP contribution in [0.1, 0.15) is 52.7 Å². The highest BCUT2D eigenvalue weighted by molar-refractivity contribution is 6.05. The van der Waals surface area contributed by atoms with E-state index in [9.17, 15) is 14.4 Å². The van der Waals surface area contributed by atoms with Crippen molar-refractivity contribution in [3.05, 3.63) is 64.7 Å². The molecule has 1 unspecified atom stereocenters. The molecule has 7 nitrogen and oxygen atoms in total. The first-order valence-electron chi connectivity index (χ1n) is 10.3. The summed E-state index contributed by atoms with van der Waals surface area (Å²) < 4.78 is 0. The van der Waals surface area contributed by atoms with Crippen LogP contribution in [0.3, 0.4) is 0 Å². The summed E-state index contributed by atoms with van der Waals surface area (Å²) in [5.74, 6) is -0.818. The Morgan fingerprint density at radius 2 is 1.93 bits per heavy atom. The van der Waals surface area contributed by atoms with Gasteiger partial charge in [-0.15, -0.1) is 0 Å². The van der Waals surface area contributed by atoms with Crippen molar-refractivity contribution in [2.24, 2.45) is 5.73 Å². The van der Waals surface area contributed by atoms with E-state index in [1.807, 2.05) is 36.4 Å². The van der Waals surface area contributed by atoms with Crippen molar-refractivity contribution in [1.29, 1.82) is 0 Å². The van der Waals surface area contributed by atoms with Crippen LogP contribution in [-0.4, -0.2) is 28.7 Å². The monoisotopic (exact) mass is 404 g/mol. The Kier molecular flexibility index (Phi) is 4.36. The molecule has 7 heteroatoms. The second-order valence-corrected chi connectivity index (χ2v) is 8.45. The molecule has 1 saturated carbocycles. The Labute approximate surface area is 174 Å². The van der Waals surface area contributed by atoms with Crippen LogP contribution < -0.4 is 16.4 Å². The lowest BCUT2D eigenvalue weighted by molar-refractivity contribution is -0.136. The number of nitrogens with one attached hydrogen (secondary N) is 2. The molecule has 4 N–H and O–H groups in total. The second-order valence-electron chi connectivity index (χ2n) is 8.45. The first kappa shape index (κ1) is 18.8. The van der Waals surface area contributed by atoms with Gasteiger partial charge in [-0.3, -0.25) is 19.7 Å². The molecule has 2 aliphatic heterocycles. The molecule has 0 bridgehead atoms. The van der Waals surface area contributed by atoms with Gasteiger partial charge in [0.2, 0.25) is 11.8 Å². The van der Waals surface area contributed by atoms with Gasteiger partial charge < -0.3 is 16.0 Å². The smallest absolute Gasteiger partial charge is 0.255 e. The number of fused-ring (bicyclic) bond motifs is 1. The number of amides is 3. The van der Waals surface area contributed by atoms with Gasteiger partial charge in [0.15, 0.2) is 0 Å². The lowest BCUT2D eigenvalue weighted by Crippen LogP contribution is -2.52. The number of piperidine rings is 1. The van der Waals surface area contributed by atoms with Crippen LogP contribution in [-0.2, 0) is 28.2 Å². The molecule has 1 saturated heterocycles. The minimum atomic E-state index is -0.588. The zero-order valence-corrected chi connectivity index (χ0v) is 16.6. The molecule has 5 rings (SSSR count). The fourth-order valence-corrected chi connectivity index (χ4v) is 4.38. The maximum Gasteiger partial charge on any atom is 0.255 e. The highest BCUT2D eigenvalue weighted by Gasteiger charge is 2.41. The molecular weight excluding hydrogens is 380 g/mol. The summed E-state index contributed by atoms with van der Waals surface area (Å²) in [6.45, 7) is 0.971. The lowest BCUT2D eigenvalue weighted by Gasteiger charge is -2.29. The van der Waals surface area contributed by atoms with E-state index in [-0.39, 0.29) is 29.7 Å². The fourth-order valence-electron chi connectivity index (χ4n) is 4.38. The quantitative estimate of drug-likeness (QED) is 0.662. The normalized spacial score (nSPS) is 22.0. The van der Waals surface area contributed by atoms with Crippen LogP contribution in [0.2, 0.25) is 0 Å². The van der Waals surface area contributed by atoms with E-state index in [0.29, 0.717) is 25.1 Å². The summed E-state index contributed by atoms with van der Waals surface area (Å²) in [5, 5.41) is 5.80. The van der Waals surface area contributed by atoms with Crippen LogP contribution in [0.4, 0.5) is 5.69 Å². The average molecular weight is 404 g/mol. The minimum Gasteiger partial charge on any atom is -0.381 e. The first-order chi connectivity index (χ1) is 14.4. The Hall–Kier alpha value is -3.19. The largest absolute Gasteiger partial charge is 0.381 e. The number of rotatable bonds is 5. The Bertz CT molecular complexity index is 1060. The van der Waals surface area contributed by atoms with Crippen molar-refractivity contribution in [2.45, 2.75) is 50.4 Å². The van der Waals surface area contributed by atoms with E-state index in [1.54, 1.807) is 4.90 Å². The van der Waals surface area contributed by atoms with Crippen molar-refractivity contribution in [1.82, 2.24) is 10.2 Å². The molecule has 30 heavy (non-hydrogen) atoms. The highest BCUT2D eigenvalue weighted by atomic mass is 16.2. The highest BCUT2D eigenvalue weighted by Crippen LogP contribution is 2.45. The Morgan fingerprint density at radius 3 is 2.70 bits per heavy atom. The van der Waals surface area contributed by atoms with Crippen LogP contribution in [0.15, 0.2) is 42.5 Å². The molecule has 3 aliphatic rings. The summed E-state index contributed by atoms with van der Waals surface area (Å²) in [4.78, 5) is 38.1. The predicted octanol–water partition coefficient (Wildman–Crippen LogP) is 2.01. The van der Waals surface area contributed by atoms with Gasteiger partial charge in [0.05, 0.1) is 0 Å². The number of imide groups is 1. The third kappa shape index (κ3) is 3.25. The molecule has 0 aromatic heterocycles. The molecule has 2 aromatic rings. The summed E-state index contributed by atoms with van der Waals surface area (Å²) in [7, 11) is 0. The van der Waals surface area contributed by atoms with E-state index in [2.05, 4.69) is 16.7 Å². The average Bonchev–Trinajstić information content (AvgIpc) is 3.41. The summed E-state index contributed by atoms with van der Waals surface area (Å²) in [5.41, 5.74) is 10.9. The van der Waals surface area contributed by atoms with Crippen molar-refractivity contribution in [3.8, 4) is 0 Å². The molecule has 1 aliphatic carbocycles. The van der Waals surface area contributed by atoms with Gasteiger partial charge in [-0.25, -0.2) is 0 Å². The summed E-state index contributed by atoms with van der Waals surface area (Å²) >= 11 is 0. The van der Waals surface area contributed by atoms with Crippen LogP contribution in [0.5, 0.6) is 0 Å². The summed E-state index contributed by atoms with van der Waals surface area (Å²) in [6.07, 6.45) is 2.62. The maximum atomic E-state index is 13.0. The number of carbonyl (C=O) groups excluding carboxylic acids is 3. The predicted molar refractivity (Wildman–Crippen MR) is 111 cm³/mol. The molecule has 2 fully saturated rings. The van der Waals surface area contributed by atoms with Gasteiger partial charge in [-0.1, -0.05) is 30.3 Å². The van der Waals surface area contributed by atoms with Gasteiger partial charge in [0.1, 0.15) is 6.04 Å². The van der Waals surface area contributed by atoms with E-state index in [4.69, 9.17) is 5.73 Å². The van der Waals surface area contributed by atoms with Gasteiger partial charge in [0.25, 0.3) is 5.91 Å². The molecule has 3 amide bonds. The SMILES string of the molecule is NC1(c2ccccc2NCc2ccc3c(c2)C(=O)N(C2CCC(=O)NC2=O)C3)CC1. The Balaban J connectivity index is 1.31. The Morgan fingerprint density at radius 1 is 1.13 bits per heavy atom. The van der Waals surface area contributed by atoms with Crippen molar-refractivity contribution < 1.29 is 14.4 Å².